The monoisotopic (exact) mass is 200 g/mol. The lowest BCUT2D eigenvalue weighted by atomic mass is 9.76. The summed E-state index contributed by atoms with van der Waals surface area (Å²) in [5, 5.41) is 0. The van der Waals surface area contributed by atoms with Crippen LogP contribution in [0.3, 0.4) is 0 Å². The summed E-state index contributed by atoms with van der Waals surface area (Å²) in [6.07, 6.45) is 9.50. The number of rotatable bonds is 5. The molecule has 0 atom stereocenters. The van der Waals surface area contributed by atoms with Gasteiger partial charge in [0.2, 0.25) is 0 Å². The van der Waals surface area contributed by atoms with Crippen LogP contribution >= 0.6 is 0 Å². The zero-order valence-electron chi connectivity index (χ0n) is 9.82. The molecule has 84 valence electrons. The summed E-state index contributed by atoms with van der Waals surface area (Å²) < 4.78 is 14.2. The molecule has 0 aromatic carbocycles. The van der Waals surface area contributed by atoms with Crippen LogP contribution in [0.2, 0.25) is 0 Å². The van der Waals surface area contributed by atoms with Crippen LogP contribution < -0.4 is 0 Å². The summed E-state index contributed by atoms with van der Waals surface area (Å²) in [5.41, 5.74) is -0.791. The molecule has 1 saturated carbocycles. The molecule has 0 nitrogen and oxygen atoms in total. The van der Waals surface area contributed by atoms with E-state index >= 15 is 0 Å². The van der Waals surface area contributed by atoms with Crippen molar-refractivity contribution in [2.75, 3.05) is 0 Å². The predicted octanol–water partition coefficient (Wildman–Crippen LogP) is 4.88. The Kier molecular flexibility index (Phi) is 4.91. The molecule has 1 rings (SSSR count). The van der Waals surface area contributed by atoms with Crippen molar-refractivity contribution in [1.82, 2.24) is 0 Å². The zero-order chi connectivity index (χ0) is 10.4. The Bertz CT molecular complexity index is 145. The third-order valence-corrected chi connectivity index (χ3v) is 3.68. The molecule has 1 heteroatoms. The highest BCUT2D eigenvalue weighted by molar-refractivity contribution is 4.85. The van der Waals surface area contributed by atoms with E-state index in [2.05, 4.69) is 13.8 Å². The Hall–Kier alpha value is -0.0700. The third kappa shape index (κ3) is 3.59. The van der Waals surface area contributed by atoms with Crippen LogP contribution in [-0.2, 0) is 0 Å². The first kappa shape index (κ1) is 12.0. The lowest BCUT2D eigenvalue weighted by Crippen LogP contribution is -2.29. The van der Waals surface area contributed by atoms with Crippen molar-refractivity contribution in [2.24, 2.45) is 5.92 Å². The topological polar surface area (TPSA) is 0 Å². The molecule has 0 N–H and O–H groups in total. The molecule has 0 aromatic rings. The molecule has 1 aliphatic rings. The van der Waals surface area contributed by atoms with E-state index in [0.29, 0.717) is 0 Å². The van der Waals surface area contributed by atoms with Gasteiger partial charge in [0.05, 0.1) is 0 Å². The molecule has 14 heavy (non-hydrogen) atoms. The minimum atomic E-state index is -0.791. The lowest BCUT2D eigenvalue weighted by Gasteiger charge is -2.34. The van der Waals surface area contributed by atoms with Crippen LogP contribution in [0.4, 0.5) is 4.39 Å². The minimum absolute atomic E-state index is 0.791. The van der Waals surface area contributed by atoms with Gasteiger partial charge in [-0.25, -0.2) is 4.39 Å². The highest BCUT2D eigenvalue weighted by Crippen LogP contribution is 2.39. The molecule has 0 aliphatic heterocycles. The largest absolute Gasteiger partial charge is 0.244 e. The zero-order valence-corrected chi connectivity index (χ0v) is 9.82. The molecule has 0 unspecified atom stereocenters. The quantitative estimate of drug-likeness (QED) is 0.593. The fourth-order valence-corrected chi connectivity index (χ4v) is 2.64. The average molecular weight is 200 g/mol. The maximum absolute atomic E-state index is 14.2. The summed E-state index contributed by atoms with van der Waals surface area (Å²) in [6.45, 7) is 4.38. The summed E-state index contributed by atoms with van der Waals surface area (Å²) >= 11 is 0. The fourth-order valence-electron chi connectivity index (χ4n) is 2.64. The van der Waals surface area contributed by atoms with E-state index < -0.39 is 5.67 Å². The molecule has 0 radical (unpaired) electrons. The molecule has 0 amide bonds. The Morgan fingerprint density at radius 2 is 1.79 bits per heavy atom. The van der Waals surface area contributed by atoms with E-state index in [1.165, 1.54) is 12.8 Å². The van der Waals surface area contributed by atoms with E-state index in [4.69, 9.17) is 0 Å². The van der Waals surface area contributed by atoms with Crippen molar-refractivity contribution >= 4 is 0 Å². The summed E-state index contributed by atoms with van der Waals surface area (Å²) in [5.74, 6) is 0.825. The Balaban J connectivity index is 2.25. The second-order valence-electron chi connectivity index (χ2n) is 4.99. The number of hydrogen-bond acceptors (Lipinski definition) is 0. The average Bonchev–Trinajstić information content (AvgIpc) is 2.20. The summed E-state index contributed by atoms with van der Waals surface area (Å²) in [6, 6.07) is 0. The number of alkyl halides is 1. The van der Waals surface area contributed by atoms with Gasteiger partial charge >= 0.3 is 0 Å². The van der Waals surface area contributed by atoms with E-state index in [9.17, 15) is 4.39 Å². The normalized spacial score (nSPS) is 33.2. The van der Waals surface area contributed by atoms with Gasteiger partial charge in [-0.3, -0.25) is 0 Å². The minimum Gasteiger partial charge on any atom is -0.244 e. The van der Waals surface area contributed by atoms with Crippen molar-refractivity contribution in [2.45, 2.75) is 77.3 Å². The van der Waals surface area contributed by atoms with Crippen molar-refractivity contribution in [3.05, 3.63) is 0 Å². The van der Waals surface area contributed by atoms with E-state index in [-0.39, 0.29) is 0 Å². The van der Waals surface area contributed by atoms with Gasteiger partial charge in [0.1, 0.15) is 5.67 Å². The van der Waals surface area contributed by atoms with Crippen LogP contribution in [0.5, 0.6) is 0 Å². The first-order valence-electron chi connectivity index (χ1n) is 6.39. The van der Waals surface area contributed by atoms with Gasteiger partial charge in [0.25, 0.3) is 0 Å². The molecule has 1 aliphatic carbocycles. The van der Waals surface area contributed by atoms with Crippen LogP contribution in [0.15, 0.2) is 0 Å². The van der Waals surface area contributed by atoms with Gasteiger partial charge in [-0.15, -0.1) is 0 Å². The Labute approximate surface area is 88.3 Å². The van der Waals surface area contributed by atoms with E-state index in [0.717, 1.165) is 50.9 Å². The molecule has 0 saturated heterocycles. The maximum Gasteiger partial charge on any atom is 0.111 e. The fraction of sp³-hybridized carbons (Fsp3) is 1.00. The van der Waals surface area contributed by atoms with Crippen LogP contribution in [0, 0.1) is 5.92 Å². The van der Waals surface area contributed by atoms with Crippen molar-refractivity contribution < 1.29 is 4.39 Å². The van der Waals surface area contributed by atoms with Crippen LogP contribution in [0.25, 0.3) is 0 Å². The smallest absolute Gasteiger partial charge is 0.111 e. The maximum atomic E-state index is 14.2. The van der Waals surface area contributed by atoms with Gasteiger partial charge in [0, 0.05) is 0 Å². The molecule has 0 heterocycles. The van der Waals surface area contributed by atoms with Gasteiger partial charge in [-0.1, -0.05) is 39.5 Å². The Morgan fingerprint density at radius 3 is 2.29 bits per heavy atom. The first-order valence-corrected chi connectivity index (χ1v) is 6.39. The van der Waals surface area contributed by atoms with E-state index in [1.807, 2.05) is 0 Å². The molecule has 0 aromatic heterocycles. The molecule has 1 fully saturated rings. The standard InChI is InChI=1S/C13H25F/c1-3-5-9-13(14)10-7-12(6-4-2)8-11-13/h12H,3-11H2,1-2H3. The number of unbranched alkanes of at least 4 members (excludes halogenated alkanes) is 1. The second kappa shape index (κ2) is 5.72. The lowest BCUT2D eigenvalue weighted by molar-refractivity contribution is 0.0698. The second-order valence-corrected chi connectivity index (χ2v) is 4.99. The van der Waals surface area contributed by atoms with Crippen LogP contribution in [-0.4, -0.2) is 5.67 Å². The highest BCUT2D eigenvalue weighted by atomic mass is 19.1. The van der Waals surface area contributed by atoms with Crippen molar-refractivity contribution in [3.63, 3.8) is 0 Å². The van der Waals surface area contributed by atoms with Crippen molar-refractivity contribution in [1.29, 1.82) is 0 Å². The molecule has 0 spiro atoms. The highest BCUT2D eigenvalue weighted by Gasteiger charge is 2.33. The number of hydrogen-bond donors (Lipinski definition) is 0. The predicted molar refractivity (Wildman–Crippen MR) is 60.2 cm³/mol. The SMILES string of the molecule is CCCCC1(F)CCC(CCC)CC1. The van der Waals surface area contributed by atoms with Gasteiger partial charge in [0.15, 0.2) is 0 Å². The van der Waals surface area contributed by atoms with Crippen LogP contribution in [0.1, 0.15) is 71.6 Å². The van der Waals surface area contributed by atoms with Gasteiger partial charge in [-0.05, 0) is 38.0 Å². The molecular weight excluding hydrogens is 175 g/mol. The van der Waals surface area contributed by atoms with Gasteiger partial charge in [-0.2, -0.15) is 0 Å². The van der Waals surface area contributed by atoms with E-state index in [1.54, 1.807) is 0 Å². The summed E-state index contributed by atoms with van der Waals surface area (Å²) in [4.78, 5) is 0. The van der Waals surface area contributed by atoms with Crippen molar-refractivity contribution in [3.8, 4) is 0 Å². The van der Waals surface area contributed by atoms with Gasteiger partial charge < -0.3 is 0 Å². The Morgan fingerprint density at radius 1 is 1.14 bits per heavy atom. The molecule has 0 bridgehead atoms. The third-order valence-electron chi connectivity index (χ3n) is 3.68. The molecular formula is C13H25F. The first-order chi connectivity index (χ1) is 6.70. The summed E-state index contributed by atoms with van der Waals surface area (Å²) in [7, 11) is 0. The number of halogens is 1.